The van der Waals surface area contributed by atoms with E-state index < -0.39 is 0 Å². The summed E-state index contributed by atoms with van der Waals surface area (Å²) < 4.78 is 1.87. The van der Waals surface area contributed by atoms with Gasteiger partial charge in [0.2, 0.25) is 0 Å². The van der Waals surface area contributed by atoms with Crippen LogP contribution in [-0.2, 0) is 20.1 Å². The molecule has 0 aliphatic rings. The summed E-state index contributed by atoms with van der Waals surface area (Å²) in [6, 6.07) is 9.79. The molecule has 0 saturated heterocycles. The van der Waals surface area contributed by atoms with Gasteiger partial charge in [0.15, 0.2) is 0 Å². The van der Waals surface area contributed by atoms with E-state index in [1.807, 2.05) is 36.0 Å². The van der Waals surface area contributed by atoms with Crippen LogP contribution in [0.2, 0.25) is 0 Å². The molecule has 1 N–H and O–H groups in total. The zero-order chi connectivity index (χ0) is 14.5. The average molecular weight is 268 g/mol. The van der Waals surface area contributed by atoms with Crippen LogP contribution in [0.15, 0.2) is 30.5 Å². The Balaban J connectivity index is 1.94. The van der Waals surface area contributed by atoms with E-state index in [4.69, 9.17) is 5.26 Å². The van der Waals surface area contributed by atoms with Crippen molar-refractivity contribution in [2.45, 2.75) is 32.9 Å². The molecule has 0 radical (unpaired) electrons. The predicted molar refractivity (Wildman–Crippen MR) is 79.0 cm³/mol. The Kier molecular flexibility index (Phi) is 4.54. The molecule has 1 heterocycles. The largest absolute Gasteiger partial charge is 0.308 e. The molecule has 0 aliphatic heterocycles. The number of rotatable bonds is 5. The SMILES string of the molecule is CC(C)c1nn(C)cc1CNCc1ccc(C#N)cc1. The highest BCUT2D eigenvalue weighted by molar-refractivity contribution is 5.31. The van der Waals surface area contributed by atoms with Crippen LogP contribution < -0.4 is 5.32 Å². The molecule has 2 aromatic rings. The van der Waals surface area contributed by atoms with Gasteiger partial charge in [0, 0.05) is 31.9 Å². The number of benzene rings is 1. The van der Waals surface area contributed by atoms with Gasteiger partial charge in [-0.1, -0.05) is 26.0 Å². The Morgan fingerprint density at radius 2 is 1.95 bits per heavy atom. The maximum atomic E-state index is 8.76. The molecule has 20 heavy (non-hydrogen) atoms. The lowest BCUT2D eigenvalue weighted by molar-refractivity contribution is 0.678. The van der Waals surface area contributed by atoms with Crippen LogP contribution in [0.4, 0.5) is 0 Å². The average Bonchev–Trinajstić information content (AvgIpc) is 2.81. The second kappa shape index (κ2) is 6.36. The van der Waals surface area contributed by atoms with Crippen LogP contribution in [0.5, 0.6) is 0 Å². The van der Waals surface area contributed by atoms with Gasteiger partial charge in [0.25, 0.3) is 0 Å². The summed E-state index contributed by atoms with van der Waals surface area (Å²) in [4.78, 5) is 0. The molecular weight excluding hydrogens is 248 g/mol. The van der Waals surface area contributed by atoms with Crippen molar-refractivity contribution in [1.82, 2.24) is 15.1 Å². The zero-order valence-corrected chi connectivity index (χ0v) is 12.2. The smallest absolute Gasteiger partial charge is 0.0991 e. The summed E-state index contributed by atoms with van der Waals surface area (Å²) in [5.74, 6) is 0.433. The third-order valence-corrected chi connectivity index (χ3v) is 3.21. The molecule has 4 heteroatoms. The highest BCUT2D eigenvalue weighted by atomic mass is 15.3. The van der Waals surface area contributed by atoms with Gasteiger partial charge in [-0.25, -0.2) is 0 Å². The topological polar surface area (TPSA) is 53.6 Å². The van der Waals surface area contributed by atoms with E-state index in [2.05, 4.69) is 36.5 Å². The van der Waals surface area contributed by atoms with Crippen LogP contribution in [-0.4, -0.2) is 9.78 Å². The lowest BCUT2D eigenvalue weighted by atomic mass is 10.1. The predicted octanol–water partition coefficient (Wildman–Crippen LogP) is 2.70. The van der Waals surface area contributed by atoms with Gasteiger partial charge in [-0.2, -0.15) is 10.4 Å². The first-order valence-corrected chi connectivity index (χ1v) is 6.82. The second-order valence-electron chi connectivity index (χ2n) is 5.28. The monoisotopic (exact) mass is 268 g/mol. The number of hydrogen-bond acceptors (Lipinski definition) is 3. The van der Waals surface area contributed by atoms with E-state index in [1.54, 1.807) is 0 Å². The Bertz CT molecular complexity index is 602. The van der Waals surface area contributed by atoms with E-state index in [1.165, 1.54) is 11.1 Å². The molecule has 1 aromatic heterocycles. The first-order valence-electron chi connectivity index (χ1n) is 6.82. The zero-order valence-electron chi connectivity index (χ0n) is 12.2. The van der Waals surface area contributed by atoms with Crippen molar-refractivity contribution >= 4 is 0 Å². The van der Waals surface area contributed by atoms with E-state index in [9.17, 15) is 0 Å². The fraction of sp³-hybridized carbons (Fsp3) is 0.375. The summed E-state index contributed by atoms with van der Waals surface area (Å²) in [6.07, 6.45) is 2.07. The number of nitrogens with zero attached hydrogens (tertiary/aromatic N) is 3. The Hall–Kier alpha value is -2.12. The summed E-state index contributed by atoms with van der Waals surface area (Å²) in [7, 11) is 1.95. The quantitative estimate of drug-likeness (QED) is 0.907. The molecule has 2 rings (SSSR count). The van der Waals surface area contributed by atoms with Crippen LogP contribution in [0, 0.1) is 11.3 Å². The third kappa shape index (κ3) is 3.46. The minimum Gasteiger partial charge on any atom is -0.308 e. The Morgan fingerprint density at radius 3 is 2.55 bits per heavy atom. The Morgan fingerprint density at radius 1 is 1.25 bits per heavy atom. The number of hydrogen-bond donors (Lipinski definition) is 1. The molecule has 0 bridgehead atoms. The molecule has 0 spiro atoms. The van der Waals surface area contributed by atoms with Crippen LogP contribution >= 0.6 is 0 Å². The van der Waals surface area contributed by atoms with Crippen LogP contribution in [0.1, 0.15) is 42.1 Å². The molecule has 1 aromatic carbocycles. The van der Waals surface area contributed by atoms with Gasteiger partial charge in [-0.05, 0) is 23.6 Å². The highest BCUT2D eigenvalue weighted by Crippen LogP contribution is 2.17. The van der Waals surface area contributed by atoms with Gasteiger partial charge in [-0.15, -0.1) is 0 Å². The van der Waals surface area contributed by atoms with Gasteiger partial charge >= 0.3 is 0 Å². The summed E-state index contributed by atoms with van der Waals surface area (Å²) in [6.45, 7) is 5.92. The minimum absolute atomic E-state index is 0.433. The first-order chi connectivity index (χ1) is 9.60. The number of nitrogens with one attached hydrogen (secondary N) is 1. The second-order valence-corrected chi connectivity index (χ2v) is 5.28. The minimum atomic E-state index is 0.433. The first kappa shape index (κ1) is 14.3. The summed E-state index contributed by atoms with van der Waals surface area (Å²) in [5.41, 5.74) is 4.28. The third-order valence-electron chi connectivity index (χ3n) is 3.21. The van der Waals surface area contributed by atoms with E-state index >= 15 is 0 Å². The van der Waals surface area contributed by atoms with Crippen molar-refractivity contribution in [2.24, 2.45) is 7.05 Å². The molecule has 0 atom stereocenters. The summed E-state index contributed by atoms with van der Waals surface area (Å²) >= 11 is 0. The van der Waals surface area contributed by atoms with E-state index in [-0.39, 0.29) is 0 Å². The molecule has 0 unspecified atom stereocenters. The lowest BCUT2D eigenvalue weighted by Crippen LogP contribution is -2.13. The van der Waals surface area contributed by atoms with Crippen molar-refractivity contribution in [3.63, 3.8) is 0 Å². The number of aromatic nitrogens is 2. The standard InChI is InChI=1S/C16H20N4/c1-12(2)16-15(11-20(3)19-16)10-18-9-14-6-4-13(8-17)5-7-14/h4-7,11-12,18H,9-10H2,1-3H3. The normalized spacial score (nSPS) is 10.8. The fourth-order valence-corrected chi connectivity index (χ4v) is 2.22. The molecular formula is C16H20N4. The van der Waals surface area contributed by atoms with Crippen molar-refractivity contribution in [2.75, 3.05) is 0 Å². The molecule has 0 saturated carbocycles. The molecule has 0 fully saturated rings. The van der Waals surface area contributed by atoms with Gasteiger partial charge < -0.3 is 5.32 Å². The molecule has 0 aliphatic carbocycles. The van der Waals surface area contributed by atoms with Crippen LogP contribution in [0.25, 0.3) is 0 Å². The van der Waals surface area contributed by atoms with E-state index in [0.717, 1.165) is 18.8 Å². The van der Waals surface area contributed by atoms with Crippen molar-refractivity contribution < 1.29 is 0 Å². The van der Waals surface area contributed by atoms with Crippen molar-refractivity contribution in [1.29, 1.82) is 5.26 Å². The van der Waals surface area contributed by atoms with Crippen molar-refractivity contribution in [3.8, 4) is 6.07 Å². The van der Waals surface area contributed by atoms with Gasteiger partial charge in [0.1, 0.15) is 0 Å². The van der Waals surface area contributed by atoms with Crippen LogP contribution in [0.3, 0.4) is 0 Å². The maximum absolute atomic E-state index is 8.76. The number of aryl methyl sites for hydroxylation is 1. The molecule has 0 amide bonds. The fourth-order valence-electron chi connectivity index (χ4n) is 2.22. The highest BCUT2D eigenvalue weighted by Gasteiger charge is 2.10. The van der Waals surface area contributed by atoms with E-state index in [0.29, 0.717) is 11.5 Å². The Labute approximate surface area is 120 Å². The lowest BCUT2D eigenvalue weighted by Gasteiger charge is -2.07. The number of nitriles is 1. The molecule has 104 valence electrons. The maximum Gasteiger partial charge on any atom is 0.0991 e. The molecule has 4 nitrogen and oxygen atoms in total. The van der Waals surface area contributed by atoms with Crippen molar-refractivity contribution in [3.05, 3.63) is 52.8 Å². The van der Waals surface area contributed by atoms with Gasteiger partial charge in [-0.3, -0.25) is 4.68 Å². The summed E-state index contributed by atoms with van der Waals surface area (Å²) in [5, 5.41) is 16.7. The van der Waals surface area contributed by atoms with Gasteiger partial charge in [0.05, 0.1) is 17.3 Å².